The van der Waals surface area contributed by atoms with Gasteiger partial charge in [-0.3, -0.25) is 0 Å². The highest BCUT2D eigenvalue weighted by atomic mass is 35.5. The van der Waals surface area contributed by atoms with E-state index >= 15 is 0 Å². The zero-order chi connectivity index (χ0) is 9.47. The van der Waals surface area contributed by atoms with Crippen LogP contribution in [-0.4, -0.2) is 13.7 Å². The molecule has 1 aliphatic heterocycles. The number of benzene rings is 1. The number of halogens is 1. The van der Waals surface area contributed by atoms with Crippen LogP contribution in [0.3, 0.4) is 0 Å². The highest BCUT2D eigenvalue weighted by Crippen LogP contribution is 2.43. The third kappa shape index (κ3) is 1.52. The summed E-state index contributed by atoms with van der Waals surface area (Å²) in [5.41, 5.74) is 0.846. The molecule has 0 saturated carbocycles. The predicted octanol–water partition coefficient (Wildman–Crippen LogP) is 2.59. The van der Waals surface area contributed by atoms with Gasteiger partial charge in [-0.2, -0.15) is 0 Å². The molecule has 1 fully saturated rings. The highest BCUT2D eigenvalue weighted by molar-refractivity contribution is 6.30. The molecule has 2 rings (SSSR count). The van der Waals surface area contributed by atoms with Gasteiger partial charge in [0, 0.05) is 10.6 Å². The lowest BCUT2D eigenvalue weighted by atomic mass is 10.0. The second-order valence-corrected chi connectivity index (χ2v) is 3.80. The molecule has 13 heavy (non-hydrogen) atoms. The lowest BCUT2D eigenvalue weighted by Crippen LogP contribution is -2.04. The minimum atomic E-state index is -0.184. The summed E-state index contributed by atoms with van der Waals surface area (Å²) >= 11 is 5.90. The molecule has 3 heteroatoms. The van der Waals surface area contributed by atoms with E-state index in [4.69, 9.17) is 21.1 Å². The Labute approximate surface area is 82.4 Å². The Morgan fingerprint density at radius 2 is 2.23 bits per heavy atom. The first-order valence-corrected chi connectivity index (χ1v) is 4.51. The summed E-state index contributed by atoms with van der Waals surface area (Å²) in [7, 11) is 1.65. The van der Waals surface area contributed by atoms with Gasteiger partial charge >= 0.3 is 0 Å². The van der Waals surface area contributed by atoms with Crippen LogP contribution >= 0.6 is 11.6 Å². The van der Waals surface area contributed by atoms with E-state index in [1.54, 1.807) is 7.11 Å². The van der Waals surface area contributed by atoms with Crippen LogP contribution in [-0.2, 0) is 10.3 Å². The van der Waals surface area contributed by atoms with Crippen molar-refractivity contribution >= 4 is 11.6 Å². The number of hydrogen-bond donors (Lipinski definition) is 0. The molecular formula is C10H11ClO2. The van der Waals surface area contributed by atoms with Crippen molar-refractivity contribution in [3.05, 3.63) is 28.8 Å². The third-order valence-corrected chi connectivity index (χ3v) is 2.54. The van der Waals surface area contributed by atoms with Gasteiger partial charge in [0.15, 0.2) is 0 Å². The van der Waals surface area contributed by atoms with Crippen LogP contribution in [0.5, 0.6) is 5.75 Å². The van der Waals surface area contributed by atoms with Gasteiger partial charge < -0.3 is 9.47 Å². The Morgan fingerprint density at radius 1 is 1.54 bits per heavy atom. The molecule has 1 aliphatic rings. The minimum absolute atomic E-state index is 0.184. The standard InChI is InChI=1S/C10H11ClO2/c1-10(6-13-10)8-5-7(11)3-4-9(8)12-2/h3-5H,6H2,1-2H3. The Morgan fingerprint density at radius 3 is 2.77 bits per heavy atom. The van der Waals surface area contributed by atoms with Crippen LogP contribution in [0.2, 0.25) is 5.02 Å². The molecule has 1 heterocycles. The number of ether oxygens (including phenoxy) is 2. The zero-order valence-corrected chi connectivity index (χ0v) is 8.39. The topological polar surface area (TPSA) is 21.8 Å². The molecule has 0 radical (unpaired) electrons. The molecular weight excluding hydrogens is 188 g/mol. The van der Waals surface area contributed by atoms with E-state index < -0.39 is 0 Å². The normalized spacial score (nSPS) is 25.8. The number of methoxy groups -OCH3 is 1. The van der Waals surface area contributed by atoms with Crippen molar-refractivity contribution in [1.29, 1.82) is 0 Å². The van der Waals surface area contributed by atoms with E-state index in [9.17, 15) is 0 Å². The van der Waals surface area contributed by atoms with Crippen LogP contribution in [0.15, 0.2) is 18.2 Å². The van der Waals surface area contributed by atoms with Crippen molar-refractivity contribution in [3.63, 3.8) is 0 Å². The summed E-state index contributed by atoms with van der Waals surface area (Å²) in [5.74, 6) is 0.837. The molecule has 1 saturated heterocycles. The summed E-state index contributed by atoms with van der Waals surface area (Å²) < 4.78 is 10.6. The molecule has 1 atom stereocenters. The molecule has 0 bridgehead atoms. The average Bonchev–Trinajstić information content (AvgIpc) is 2.85. The van der Waals surface area contributed by atoms with Gasteiger partial charge in [0.2, 0.25) is 0 Å². The first kappa shape index (κ1) is 8.85. The van der Waals surface area contributed by atoms with Crippen LogP contribution in [0.1, 0.15) is 12.5 Å². The minimum Gasteiger partial charge on any atom is -0.496 e. The molecule has 0 N–H and O–H groups in total. The summed E-state index contributed by atoms with van der Waals surface area (Å²) in [6.45, 7) is 2.77. The van der Waals surface area contributed by atoms with E-state index in [0.29, 0.717) is 5.02 Å². The lowest BCUT2D eigenvalue weighted by molar-refractivity contribution is 0.316. The fourth-order valence-electron chi connectivity index (χ4n) is 1.36. The van der Waals surface area contributed by atoms with Crippen LogP contribution < -0.4 is 4.74 Å². The molecule has 1 unspecified atom stereocenters. The summed E-state index contributed by atoms with van der Waals surface area (Å²) in [6.07, 6.45) is 0. The molecule has 70 valence electrons. The third-order valence-electron chi connectivity index (χ3n) is 2.31. The maximum atomic E-state index is 5.90. The fourth-order valence-corrected chi connectivity index (χ4v) is 1.53. The van der Waals surface area contributed by atoms with Crippen molar-refractivity contribution in [2.24, 2.45) is 0 Å². The average molecular weight is 199 g/mol. The lowest BCUT2D eigenvalue weighted by Gasteiger charge is -2.11. The zero-order valence-electron chi connectivity index (χ0n) is 7.63. The van der Waals surface area contributed by atoms with Crippen molar-refractivity contribution in [3.8, 4) is 5.75 Å². The van der Waals surface area contributed by atoms with E-state index in [-0.39, 0.29) is 5.60 Å². The van der Waals surface area contributed by atoms with Gasteiger partial charge in [-0.15, -0.1) is 0 Å². The molecule has 0 aliphatic carbocycles. The number of rotatable bonds is 2. The van der Waals surface area contributed by atoms with Gasteiger partial charge in [0.05, 0.1) is 13.7 Å². The van der Waals surface area contributed by atoms with E-state index in [0.717, 1.165) is 17.9 Å². The van der Waals surface area contributed by atoms with Crippen LogP contribution in [0, 0.1) is 0 Å². The Kier molecular flexibility index (Phi) is 1.97. The molecule has 0 spiro atoms. The molecule has 2 nitrogen and oxygen atoms in total. The maximum Gasteiger partial charge on any atom is 0.125 e. The Hall–Kier alpha value is -0.730. The second-order valence-electron chi connectivity index (χ2n) is 3.36. The second kappa shape index (κ2) is 2.89. The number of epoxide rings is 1. The fraction of sp³-hybridized carbons (Fsp3) is 0.400. The van der Waals surface area contributed by atoms with E-state index in [1.165, 1.54) is 0 Å². The monoisotopic (exact) mass is 198 g/mol. The van der Waals surface area contributed by atoms with Crippen molar-refractivity contribution in [1.82, 2.24) is 0 Å². The Balaban J connectivity index is 2.47. The highest BCUT2D eigenvalue weighted by Gasteiger charge is 2.43. The van der Waals surface area contributed by atoms with Gasteiger partial charge in [0.1, 0.15) is 11.4 Å². The van der Waals surface area contributed by atoms with Crippen LogP contribution in [0.25, 0.3) is 0 Å². The van der Waals surface area contributed by atoms with Gasteiger partial charge in [0.25, 0.3) is 0 Å². The summed E-state index contributed by atoms with van der Waals surface area (Å²) in [5, 5.41) is 0.715. The Bertz CT molecular complexity index is 332. The first-order valence-electron chi connectivity index (χ1n) is 4.14. The van der Waals surface area contributed by atoms with Crippen molar-refractivity contribution < 1.29 is 9.47 Å². The molecule has 1 aromatic rings. The number of hydrogen-bond acceptors (Lipinski definition) is 2. The molecule has 1 aromatic carbocycles. The van der Waals surface area contributed by atoms with Gasteiger partial charge in [-0.25, -0.2) is 0 Å². The van der Waals surface area contributed by atoms with Crippen LogP contribution in [0.4, 0.5) is 0 Å². The molecule has 0 aromatic heterocycles. The van der Waals surface area contributed by atoms with Crippen molar-refractivity contribution in [2.75, 3.05) is 13.7 Å². The SMILES string of the molecule is COc1ccc(Cl)cc1C1(C)CO1. The maximum absolute atomic E-state index is 5.90. The van der Waals surface area contributed by atoms with E-state index in [1.807, 2.05) is 25.1 Å². The van der Waals surface area contributed by atoms with Crippen molar-refractivity contribution in [2.45, 2.75) is 12.5 Å². The molecule has 0 amide bonds. The first-order chi connectivity index (χ1) is 6.15. The summed E-state index contributed by atoms with van der Waals surface area (Å²) in [6, 6.07) is 5.58. The summed E-state index contributed by atoms with van der Waals surface area (Å²) in [4.78, 5) is 0. The van der Waals surface area contributed by atoms with E-state index in [2.05, 4.69) is 0 Å². The van der Waals surface area contributed by atoms with Gasteiger partial charge in [-0.05, 0) is 25.1 Å². The predicted molar refractivity (Wildman–Crippen MR) is 51.3 cm³/mol. The quantitative estimate of drug-likeness (QED) is 0.682. The van der Waals surface area contributed by atoms with Gasteiger partial charge in [-0.1, -0.05) is 11.6 Å². The smallest absolute Gasteiger partial charge is 0.125 e. The largest absolute Gasteiger partial charge is 0.496 e.